The van der Waals surface area contributed by atoms with Gasteiger partial charge in [-0.05, 0) is 17.7 Å². The van der Waals surface area contributed by atoms with Crippen molar-refractivity contribution in [2.24, 2.45) is 5.73 Å². The lowest BCUT2D eigenvalue weighted by Gasteiger charge is -2.07. The van der Waals surface area contributed by atoms with Crippen molar-refractivity contribution in [1.29, 1.82) is 0 Å². The van der Waals surface area contributed by atoms with Crippen LogP contribution >= 0.6 is 12.4 Å². The molecule has 0 saturated heterocycles. The van der Waals surface area contributed by atoms with Crippen molar-refractivity contribution in [3.05, 3.63) is 36.4 Å². The highest BCUT2D eigenvalue weighted by atomic mass is 35.5. The summed E-state index contributed by atoms with van der Waals surface area (Å²) in [6.45, 7) is 0.193. The maximum absolute atomic E-state index is 13.7. The third-order valence-electron chi connectivity index (χ3n) is 2.62. The van der Waals surface area contributed by atoms with Crippen LogP contribution in [-0.4, -0.2) is 29.4 Å². The highest BCUT2D eigenvalue weighted by molar-refractivity contribution is 5.85. The number of hydrogen-bond donors (Lipinski definition) is 1. The predicted octanol–water partition coefficient (Wildman–Crippen LogP) is 2.71. The van der Waals surface area contributed by atoms with E-state index in [2.05, 4.69) is 9.84 Å². The van der Waals surface area contributed by atoms with E-state index < -0.39 is 18.8 Å². The van der Waals surface area contributed by atoms with Gasteiger partial charge in [-0.1, -0.05) is 6.07 Å². The summed E-state index contributed by atoms with van der Waals surface area (Å²) in [6, 6.07) is 4.14. The van der Waals surface area contributed by atoms with Crippen molar-refractivity contribution in [3.63, 3.8) is 0 Å². The van der Waals surface area contributed by atoms with E-state index in [4.69, 9.17) is 5.73 Å². The van der Waals surface area contributed by atoms with Crippen LogP contribution in [0.25, 0.3) is 11.1 Å². The molecule has 1 aromatic heterocycles. The van der Waals surface area contributed by atoms with Gasteiger partial charge in [0.25, 0.3) is 6.43 Å². The molecule has 0 bridgehead atoms. The van der Waals surface area contributed by atoms with Gasteiger partial charge >= 0.3 is 0 Å². The van der Waals surface area contributed by atoms with Crippen molar-refractivity contribution in [2.45, 2.75) is 13.0 Å². The van der Waals surface area contributed by atoms with Gasteiger partial charge in [-0.25, -0.2) is 13.2 Å². The monoisotopic (exact) mass is 321 g/mol. The molecule has 0 aliphatic rings. The largest absolute Gasteiger partial charge is 0.485 e. The Morgan fingerprint density at radius 3 is 2.67 bits per heavy atom. The van der Waals surface area contributed by atoms with E-state index in [-0.39, 0.29) is 18.2 Å². The Morgan fingerprint density at radius 1 is 1.29 bits per heavy atom. The van der Waals surface area contributed by atoms with Crippen LogP contribution in [0, 0.1) is 5.82 Å². The third kappa shape index (κ3) is 4.64. The molecule has 116 valence electrons. The van der Waals surface area contributed by atoms with Gasteiger partial charge in [-0.3, -0.25) is 4.68 Å². The lowest BCUT2D eigenvalue weighted by Crippen LogP contribution is -2.09. The molecule has 0 atom stereocenters. The van der Waals surface area contributed by atoms with E-state index in [1.54, 1.807) is 23.1 Å². The summed E-state index contributed by atoms with van der Waals surface area (Å²) in [5.41, 5.74) is 6.72. The van der Waals surface area contributed by atoms with Crippen LogP contribution in [0.3, 0.4) is 0 Å². The molecular weight excluding hydrogens is 307 g/mol. The molecule has 2 rings (SSSR count). The van der Waals surface area contributed by atoms with Gasteiger partial charge in [0, 0.05) is 18.3 Å². The highest BCUT2D eigenvalue weighted by Gasteiger charge is 2.10. The smallest absolute Gasteiger partial charge is 0.272 e. The summed E-state index contributed by atoms with van der Waals surface area (Å²) in [4.78, 5) is 0. The molecule has 1 aromatic carbocycles. The summed E-state index contributed by atoms with van der Waals surface area (Å²) in [5.74, 6) is -0.877. The second kappa shape index (κ2) is 7.90. The number of halogens is 4. The van der Waals surface area contributed by atoms with Crippen LogP contribution in [0.15, 0.2) is 30.6 Å². The van der Waals surface area contributed by atoms with Crippen LogP contribution in [0.2, 0.25) is 0 Å². The number of alkyl halides is 2. The van der Waals surface area contributed by atoms with Crippen molar-refractivity contribution < 1.29 is 17.9 Å². The minimum atomic E-state index is -2.64. The van der Waals surface area contributed by atoms with Crippen molar-refractivity contribution in [3.8, 4) is 16.9 Å². The molecule has 0 aliphatic carbocycles. The van der Waals surface area contributed by atoms with Gasteiger partial charge in [-0.2, -0.15) is 5.10 Å². The Morgan fingerprint density at radius 2 is 2.05 bits per heavy atom. The Kier molecular flexibility index (Phi) is 6.51. The standard InChI is InChI=1S/C13H14F3N3O.ClH/c14-11-5-9(1-2-12(11)20-8-13(15)16)10-6-18-19(7-10)4-3-17;/h1-2,5-7,13H,3-4,8,17H2;1H. The first kappa shape index (κ1) is 17.3. The summed E-state index contributed by atoms with van der Waals surface area (Å²) < 4.78 is 44.0. The fourth-order valence-corrected chi connectivity index (χ4v) is 1.72. The Balaban J connectivity index is 0.00000220. The molecule has 0 fully saturated rings. The first-order valence-electron chi connectivity index (χ1n) is 6.03. The zero-order valence-electron chi connectivity index (χ0n) is 11.0. The molecule has 1 heterocycles. The van der Waals surface area contributed by atoms with E-state index >= 15 is 0 Å². The van der Waals surface area contributed by atoms with Crippen LogP contribution in [0.4, 0.5) is 13.2 Å². The summed E-state index contributed by atoms with van der Waals surface area (Å²) >= 11 is 0. The van der Waals surface area contributed by atoms with Gasteiger partial charge in [0.15, 0.2) is 11.6 Å². The van der Waals surface area contributed by atoms with Crippen LogP contribution in [-0.2, 0) is 6.54 Å². The summed E-state index contributed by atoms with van der Waals surface area (Å²) in [5, 5.41) is 4.08. The number of ether oxygens (including phenoxy) is 1. The number of nitrogens with zero attached hydrogens (tertiary/aromatic N) is 2. The molecule has 2 aromatic rings. The van der Waals surface area contributed by atoms with Gasteiger partial charge in [-0.15, -0.1) is 12.4 Å². The zero-order chi connectivity index (χ0) is 14.5. The molecule has 21 heavy (non-hydrogen) atoms. The average molecular weight is 322 g/mol. The van der Waals surface area contributed by atoms with E-state index in [9.17, 15) is 13.2 Å². The minimum absolute atomic E-state index is 0. The second-order valence-electron chi connectivity index (χ2n) is 4.13. The van der Waals surface area contributed by atoms with E-state index in [1.165, 1.54) is 12.1 Å². The van der Waals surface area contributed by atoms with Crippen molar-refractivity contribution >= 4 is 12.4 Å². The lowest BCUT2D eigenvalue weighted by atomic mass is 10.1. The van der Waals surface area contributed by atoms with Crippen molar-refractivity contribution in [2.75, 3.05) is 13.2 Å². The molecule has 0 radical (unpaired) electrons. The number of benzene rings is 1. The Bertz CT molecular complexity index is 578. The van der Waals surface area contributed by atoms with Gasteiger partial charge in [0.05, 0.1) is 12.7 Å². The lowest BCUT2D eigenvalue weighted by molar-refractivity contribution is 0.0799. The predicted molar refractivity (Wildman–Crippen MR) is 75.4 cm³/mol. The van der Waals surface area contributed by atoms with Gasteiger partial charge in [0.2, 0.25) is 0 Å². The van der Waals surface area contributed by atoms with E-state index in [0.29, 0.717) is 18.7 Å². The molecule has 0 aliphatic heterocycles. The number of aromatic nitrogens is 2. The van der Waals surface area contributed by atoms with Crippen LogP contribution in [0.1, 0.15) is 0 Å². The third-order valence-corrected chi connectivity index (χ3v) is 2.62. The molecule has 2 N–H and O–H groups in total. The zero-order valence-corrected chi connectivity index (χ0v) is 11.8. The van der Waals surface area contributed by atoms with Crippen molar-refractivity contribution in [1.82, 2.24) is 9.78 Å². The van der Waals surface area contributed by atoms with E-state index in [1.807, 2.05) is 0 Å². The minimum Gasteiger partial charge on any atom is -0.485 e. The van der Waals surface area contributed by atoms with Crippen LogP contribution < -0.4 is 10.5 Å². The average Bonchev–Trinajstić information content (AvgIpc) is 2.86. The summed E-state index contributed by atoms with van der Waals surface area (Å²) in [7, 11) is 0. The maximum Gasteiger partial charge on any atom is 0.272 e. The molecule has 8 heteroatoms. The first-order valence-corrected chi connectivity index (χ1v) is 6.03. The molecule has 4 nitrogen and oxygen atoms in total. The fraction of sp³-hybridized carbons (Fsp3) is 0.308. The van der Waals surface area contributed by atoms with Crippen LogP contribution in [0.5, 0.6) is 5.75 Å². The highest BCUT2D eigenvalue weighted by Crippen LogP contribution is 2.25. The molecule has 0 saturated carbocycles. The molecule has 0 spiro atoms. The quantitative estimate of drug-likeness (QED) is 0.890. The number of rotatable bonds is 6. The Hall–Kier alpha value is -1.73. The number of nitrogens with two attached hydrogens (primary N) is 1. The molecule has 0 unspecified atom stereocenters. The maximum atomic E-state index is 13.7. The van der Waals surface area contributed by atoms with E-state index in [0.717, 1.165) is 5.56 Å². The molecular formula is C13H15ClF3N3O. The second-order valence-corrected chi connectivity index (χ2v) is 4.13. The summed E-state index contributed by atoms with van der Waals surface area (Å²) in [6.07, 6.45) is 0.689. The fourth-order valence-electron chi connectivity index (χ4n) is 1.72. The topological polar surface area (TPSA) is 53.1 Å². The first-order chi connectivity index (χ1) is 9.60. The molecule has 0 amide bonds. The number of hydrogen-bond acceptors (Lipinski definition) is 3. The normalized spacial score (nSPS) is 10.5. The Labute approximate surface area is 126 Å². The van der Waals surface area contributed by atoms with Gasteiger partial charge < -0.3 is 10.5 Å². The SMILES string of the molecule is Cl.NCCn1cc(-c2ccc(OCC(F)F)c(F)c2)cn1. The van der Waals surface area contributed by atoms with Gasteiger partial charge in [0.1, 0.15) is 6.61 Å².